The van der Waals surface area contributed by atoms with Gasteiger partial charge in [-0.2, -0.15) is 0 Å². The highest BCUT2D eigenvalue weighted by atomic mass is 35.5. The molecule has 1 fully saturated rings. The third-order valence-electron chi connectivity index (χ3n) is 3.40. The van der Waals surface area contributed by atoms with Gasteiger partial charge in [-0.1, -0.05) is 11.6 Å². The molecule has 19 heavy (non-hydrogen) atoms. The summed E-state index contributed by atoms with van der Waals surface area (Å²) in [6, 6.07) is 6.93. The molecule has 0 radical (unpaired) electrons. The quantitative estimate of drug-likeness (QED) is 0.903. The Kier molecular flexibility index (Phi) is 5.05. The second kappa shape index (κ2) is 6.78. The smallest absolute Gasteiger partial charge is 0.310 e. The summed E-state index contributed by atoms with van der Waals surface area (Å²) in [5.74, 6) is -0.526. The first-order chi connectivity index (χ1) is 9.16. The number of ether oxygens (including phenoxy) is 2. The zero-order valence-electron chi connectivity index (χ0n) is 10.5. The fraction of sp³-hybridized carbons (Fsp3) is 0.500. The van der Waals surface area contributed by atoms with Gasteiger partial charge in [-0.25, -0.2) is 0 Å². The maximum Gasteiger partial charge on any atom is 0.310 e. The Hall–Kier alpha value is -1.26. The maximum absolute atomic E-state index is 11.3. The predicted molar refractivity (Wildman–Crippen MR) is 71.6 cm³/mol. The summed E-state index contributed by atoms with van der Waals surface area (Å²) >= 11 is 5.78. The Morgan fingerprint density at radius 3 is 2.58 bits per heavy atom. The molecule has 0 bridgehead atoms. The van der Waals surface area contributed by atoms with Crippen LogP contribution in [0.3, 0.4) is 0 Å². The van der Waals surface area contributed by atoms with Gasteiger partial charge >= 0.3 is 5.97 Å². The van der Waals surface area contributed by atoms with E-state index in [4.69, 9.17) is 21.1 Å². The average molecular weight is 285 g/mol. The summed E-state index contributed by atoms with van der Waals surface area (Å²) in [4.78, 5) is 11.3. The van der Waals surface area contributed by atoms with Crippen LogP contribution in [0, 0.1) is 11.8 Å². The molecule has 0 amide bonds. The van der Waals surface area contributed by atoms with Crippen LogP contribution in [-0.2, 0) is 9.53 Å². The Balaban J connectivity index is 1.93. The van der Waals surface area contributed by atoms with Crippen molar-refractivity contribution in [2.24, 2.45) is 11.8 Å². The van der Waals surface area contributed by atoms with Crippen molar-refractivity contribution in [2.75, 3.05) is 19.8 Å². The van der Waals surface area contributed by atoms with Crippen molar-refractivity contribution >= 4 is 17.6 Å². The molecule has 0 aromatic heterocycles. The van der Waals surface area contributed by atoms with Gasteiger partial charge in [0.15, 0.2) is 0 Å². The molecule has 2 rings (SSSR count). The molecule has 1 aromatic rings. The Bertz CT molecular complexity index is 412. The van der Waals surface area contributed by atoms with Crippen LogP contribution in [0.1, 0.15) is 12.8 Å². The summed E-state index contributed by atoms with van der Waals surface area (Å²) < 4.78 is 10.8. The topological polar surface area (TPSA) is 55.8 Å². The molecule has 1 atom stereocenters. The highest BCUT2D eigenvalue weighted by Gasteiger charge is 2.30. The highest BCUT2D eigenvalue weighted by Crippen LogP contribution is 2.25. The van der Waals surface area contributed by atoms with Crippen molar-refractivity contribution in [1.82, 2.24) is 0 Å². The largest absolute Gasteiger partial charge is 0.493 e. The average Bonchev–Trinajstić information content (AvgIpc) is 2.42. The number of benzene rings is 1. The lowest BCUT2D eigenvalue weighted by atomic mass is 9.86. The van der Waals surface area contributed by atoms with Crippen molar-refractivity contribution in [3.05, 3.63) is 29.3 Å². The second-order valence-corrected chi connectivity index (χ2v) is 5.10. The van der Waals surface area contributed by atoms with Crippen molar-refractivity contribution in [3.63, 3.8) is 0 Å². The van der Waals surface area contributed by atoms with Gasteiger partial charge in [0.1, 0.15) is 12.4 Å². The van der Waals surface area contributed by atoms with E-state index in [2.05, 4.69) is 0 Å². The summed E-state index contributed by atoms with van der Waals surface area (Å²) in [6.07, 6.45) is 1.56. The molecule has 1 heterocycles. The molecule has 1 aliphatic rings. The van der Waals surface area contributed by atoms with Crippen molar-refractivity contribution in [3.8, 4) is 5.75 Å². The van der Waals surface area contributed by atoms with Gasteiger partial charge in [-0.05, 0) is 43.0 Å². The van der Waals surface area contributed by atoms with Crippen LogP contribution in [-0.4, -0.2) is 30.9 Å². The summed E-state index contributed by atoms with van der Waals surface area (Å²) in [5, 5.41) is 9.94. The number of hydrogen-bond donors (Lipinski definition) is 1. The van der Waals surface area contributed by atoms with E-state index < -0.39 is 11.9 Å². The zero-order chi connectivity index (χ0) is 13.7. The van der Waals surface area contributed by atoms with Gasteiger partial charge in [-0.3, -0.25) is 4.79 Å². The van der Waals surface area contributed by atoms with E-state index in [1.165, 1.54) is 0 Å². The van der Waals surface area contributed by atoms with Crippen LogP contribution in [0.4, 0.5) is 0 Å². The van der Waals surface area contributed by atoms with E-state index in [0.29, 0.717) is 24.0 Å². The number of carboxylic acid groups (broad SMARTS) is 1. The van der Waals surface area contributed by atoms with Crippen LogP contribution in [0.15, 0.2) is 24.3 Å². The fourth-order valence-corrected chi connectivity index (χ4v) is 2.37. The first-order valence-electron chi connectivity index (χ1n) is 6.35. The van der Waals surface area contributed by atoms with Gasteiger partial charge in [0, 0.05) is 18.2 Å². The molecule has 5 heteroatoms. The van der Waals surface area contributed by atoms with Crippen LogP contribution >= 0.6 is 11.6 Å². The van der Waals surface area contributed by atoms with E-state index in [-0.39, 0.29) is 12.5 Å². The molecule has 104 valence electrons. The Morgan fingerprint density at radius 1 is 1.37 bits per heavy atom. The Morgan fingerprint density at radius 2 is 2.00 bits per heavy atom. The van der Waals surface area contributed by atoms with E-state index in [9.17, 15) is 9.90 Å². The molecule has 1 saturated heterocycles. The third-order valence-corrected chi connectivity index (χ3v) is 3.65. The fourth-order valence-electron chi connectivity index (χ4n) is 2.24. The van der Waals surface area contributed by atoms with Crippen molar-refractivity contribution in [1.29, 1.82) is 0 Å². The van der Waals surface area contributed by atoms with E-state index in [0.717, 1.165) is 12.8 Å². The zero-order valence-corrected chi connectivity index (χ0v) is 11.3. The van der Waals surface area contributed by atoms with Crippen LogP contribution in [0.25, 0.3) is 0 Å². The summed E-state index contributed by atoms with van der Waals surface area (Å²) in [5.41, 5.74) is 0. The standard InChI is InChI=1S/C14H17ClO4/c15-11-1-3-12(4-2-11)19-9-13(14(16)17)10-5-7-18-8-6-10/h1-4,10,13H,5-9H2,(H,16,17). The number of aliphatic carboxylic acids is 1. The van der Waals surface area contributed by atoms with Gasteiger partial charge in [0.25, 0.3) is 0 Å². The molecule has 0 aliphatic carbocycles. The lowest BCUT2D eigenvalue weighted by molar-refractivity contribution is -0.146. The minimum absolute atomic E-state index is 0.124. The van der Waals surface area contributed by atoms with Gasteiger partial charge < -0.3 is 14.6 Å². The molecule has 1 unspecified atom stereocenters. The maximum atomic E-state index is 11.3. The van der Waals surface area contributed by atoms with Crippen molar-refractivity contribution < 1.29 is 19.4 Å². The molecule has 1 aliphatic heterocycles. The molecule has 1 aromatic carbocycles. The van der Waals surface area contributed by atoms with Crippen LogP contribution in [0.5, 0.6) is 5.75 Å². The SMILES string of the molecule is O=C(O)C(COc1ccc(Cl)cc1)C1CCOCC1. The molecule has 0 saturated carbocycles. The van der Waals surface area contributed by atoms with Gasteiger partial charge in [0.05, 0.1) is 5.92 Å². The lowest BCUT2D eigenvalue weighted by Crippen LogP contribution is -2.33. The normalized spacial score (nSPS) is 17.9. The molecule has 1 N–H and O–H groups in total. The number of hydrogen-bond acceptors (Lipinski definition) is 3. The van der Waals surface area contributed by atoms with E-state index >= 15 is 0 Å². The van der Waals surface area contributed by atoms with E-state index in [1.807, 2.05) is 0 Å². The van der Waals surface area contributed by atoms with Gasteiger partial charge in [-0.15, -0.1) is 0 Å². The lowest BCUT2D eigenvalue weighted by Gasteiger charge is -2.27. The van der Waals surface area contributed by atoms with Crippen LogP contribution < -0.4 is 4.74 Å². The van der Waals surface area contributed by atoms with Crippen LogP contribution in [0.2, 0.25) is 5.02 Å². The van der Waals surface area contributed by atoms with Crippen molar-refractivity contribution in [2.45, 2.75) is 12.8 Å². The first kappa shape index (κ1) is 14.2. The molecular weight excluding hydrogens is 268 g/mol. The number of rotatable bonds is 5. The molecule has 0 spiro atoms. The monoisotopic (exact) mass is 284 g/mol. The molecular formula is C14H17ClO4. The first-order valence-corrected chi connectivity index (χ1v) is 6.73. The number of carbonyl (C=O) groups is 1. The third kappa shape index (κ3) is 4.11. The second-order valence-electron chi connectivity index (χ2n) is 4.66. The number of carboxylic acids is 1. The minimum atomic E-state index is -0.805. The Labute approximate surface area is 117 Å². The predicted octanol–water partition coefficient (Wildman–Crippen LogP) is 2.85. The summed E-state index contributed by atoms with van der Waals surface area (Å²) in [7, 11) is 0. The van der Waals surface area contributed by atoms with Gasteiger partial charge in [0.2, 0.25) is 0 Å². The molecule has 4 nitrogen and oxygen atoms in total. The van der Waals surface area contributed by atoms with E-state index in [1.54, 1.807) is 24.3 Å². The summed E-state index contributed by atoms with van der Waals surface area (Å²) in [6.45, 7) is 1.45. The highest BCUT2D eigenvalue weighted by molar-refractivity contribution is 6.30. The number of halogens is 1. The minimum Gasteiger partial charge on any atom is -0.493 e.